The summed E-state index contributed by atoms with van der Waals surface area (Å²) in [7, 11) is 0. The molecule has 2 N–H and O–H groups in total. The molecule has 0 spiro atoms. The standard InChI is InChI=1S/C13H20N4O2/c1-3-17(4-2)10-9-15-13(18)12(16-19)11-7-5-6-8-14-11/h5-8,19H,3-4,9-10H2,1-2H3,(H,15,18)/b16-12+. The highest BCUT2D eigenvalue weighted by molar-refractivity contribution is 6.44. The maximum atomic E-state index is 11.9. The second-order valence-corrected chi connectivity index (χ2v) is 3.95. The number of aromatic nitrogens is 1. The molecule has 1 rings (SSSR count). The Labute approximate surface area is 113 Å². The second kappa shape index (κ2) is 8.20. The normalized spacial score (nSPS) is 11.6. The SMILES string of the molecule is CCN(CC)CCNC(=O)/C(=N/O)c1ccccn1. The number of oxime groups is 1. The first-order valence-electron chi connectivity index (χ1n) is 6.36. The summed E-state index contributed by atoms with van der Waals surface area (Å²) in [4.78, 5) is 18.0. The molecule has 0 saturated carbocycles. The van der Waals surface area contributed by atoms with Crippen molar-refractivity contribution in [1.29, 1.82) is 0 Å². The third-order valence-corrected chi connectivity index (χ3v) is 2.83. The summed E-state index contributed by atoms with van der Waals surface area (Å²) in [5.41, 5.74) is 0.283. The number of nitrogens with zero attached hydrogens (tertiary/aromatic N) is 3. The van der Waals surface area contributed by atoms with Crippen LogP contribution in [0.4, 0.5) is 0 Å². The maximum absolute atomic E-state index is 11.9. The minimum atomic E-state index is -0.423. The van der Waals surface area contributed by atoms with E-state index in [4.69, 9.17) is 5.21 Å². The quantitative estimate of drug-likeness (QED) is 0.432. The highest BCUT2D eigenvalue weighted by atomic mass is 16.4. The number of nitrogens with one attached hydrogen (secondary N) is 1. The summed E-state index contributed by atoms with van der Waals surface area (Å²) in [5, 5.41) is 14.7. The van der Waals surface area contributed by atoms with Gasteiger partial charge in [-0.1, -0.05) is 25.1 Å². The first-order valence-corrected chi connectivity index (χ1v) is 6.36. The molecule has 104 valence electrons. The van der Waals surface area contributed by atoms with Crippen LogP contribution in [0.25, 0.3) is 0 Å². The molecule has 0 fully saturated rings. The molecule has 0 atom stereocenters. The molecule has 1 aromatic rings. The number of carbonyl (C=O) groups is 1. The van der Waals surface area contributed by atoms with Crippen LogP contribution in [-0.2, 0) is 4.79 Å². The predicted molar refractivity (Wildman–Crippen MR) is 73.4 cm³/mol. The molecule has 0 aliphatic heterocycles. The van der Waals surface area contributed by atoms with Gasteiger partial charge in [0.2, 0.25) is 0 Å². The van der Waals surface area contributed by atoms with Gasteiger partial charge in [-0.25, -0.2) is 0 Å². The predicted octanol–water partition coefficient (Wildman–Crippen LogP) is 0.718. The summed E-state index contributed by atoms with van der Waals surface area (Å²) < 4.78 is 0. The summed E-state index contributed by atoms with van der Waals surface area (Å²) in [6.07, 6.45) is 1.55. The molecule has 19 heavy (non-hydrogen) atoms. The third-order valence-electron chi connectivity index (χ3n) is 2.83. The monoisotopic (exact) mass is 264 g/mol. The third kappa shape index (κ3) is 4.67. The molecule has 6 heteroatoms. The van der Waals surface area contributed by atoms with E-state index in [0.717, 1.165) is 19.6 Å². The van der Waals surface area contributed by atoms with Crippen LogP contribution >= 0.6 is 0 Å². The van der Waals surface area contributed by atoms with E-state index in [1.807, 2.05) is 0 Å². The Bertz CT molecular complexity index is 416. The van der Waals surface area contributed by atoms with Crippen molar-refractivity contribution in [2.75, 3.05) is 26.2 Å². The molecule has 0 radical (unpaired) electrons. The fraction of sp³-hybridized carbons (Fsp3) is 0.462. The molecule has 1 amide bonds. The molecule has 1 aromatic heterocycles. The zero-order valence-electron chi connectivity index (χ0n) is 11.3. The summed E-state index contributed by atoms with van der Waals surface area (Å²) in [6.45, 7) is 7.28. The maximum Gasteiger partial charge on any atom is 0.275 e. The van der Waals surface area contributed by atoms with Crippen molar-refractivity contribution in [3.05, 3.63) is 30.1 Å². The van der Waals surface area contributed by atoms with E-state index < -0.39 is 5.91 Å². The molecule has 6 nitrogen and oxygen atoms in total. The fourth-order valence-corrected chi connectivity index (χ4v) is 1.67. The van der Waals surface area contributed by atoms with E-state index in [0.29, 0.717) is 12.2 Å². The van der Waals surface area contributed by atoms with Gasteiger partial charge in [-0.2, -0.15) is 0 Å². The van der Waals surface area contributed by atoms with Gasteiger partial charge < -0.3 is 15.4 Å². The summed E-state index contributed by atoms with van der Waals surface area (Å²) in [5.74, 6) is -0.423. The Morgan fingerprint density at radius 2 is 2.16 bits per heavy atom. The molecule has 0 unspecified atom stereocenters. The number of pyridine rings is 1. The topological polar surface area (TPSA) is 77.8 Å². The van der Waals surface area contributed by atoms with Gasteiger partial charge in [0.1, 0.15) is 0 Å². The van der Waals surface area contributed by atoms with Crippen molar-refractivity contribution >= 4 is 11.6 Å². The zero-order valence-corrected chi connectivity index (χ0v) is 11.3. The molecular weight excluding hydrogens is 244 g/mol. The van der Waals surface area contributed by atoms with Crippen molar-refractivity contribution in [3.8, 4) is 0 Å². The molecule has 0 aromatic carbocycles. The minimum Gasteiger partial charge on any atom is -0.410 e. The average molecular weight is 264 g/mol. The lowest BCUT2D eigenvalue weighted by Crippen LogP contribution is -2.38. The van der Waals surface area contributed by atoms with Gasteiger partial charge in [0, 0.05) is 19.3 Å². The highest BCUT2D eigenvalue weighted by Gasteiger charge is 2.15. The largest absolute Gasteiger partial charge is 0.410 e. The Morgan fingerprint density at radius 1 is 1.42 bits per heavy atom. The van der Waals surface area contributed by atoms with Crippen LogP contribution in [0.2, 0.25) is 0 Å². The molecule has 0 bridgehead atoms. The van der Waals surface area contributed by atoms with Gasteiger partial charge in [-0.05, 0) is 25.2 Å². The van der Waals surface area contributed by atoms with Crippen molar-refractivity contribution in [3.63, 3.8) is 0 Å². The van der Waals surface area contributed by atoms with Gasteiger partial charge in [0.25, 0.3) is 5.91 Å². The Hall–Kier alpha value is -1.95. The summed E-state index contributed by atoms with van der Waals surface area (Å²) >= 11 is 0. The van der Waals surface area contributed by atoms with Crippen LogP contribution in [0.5, 0.6) is 0 Å². The van der Waals surface area contributed by atoms with Gasteiger partial charge in [0.05, 0.1) is 5.69 Å². The van der Waals surface area contributed by atoms with Crippen molar-refractivity contribution in [2.45, 2.75) is 13.8 Å². The van der Waals surface area contributed by atoms with Crippen molar-refractivity contribution in [1.82, 2.24) is 15.2 Å². The molecular formula is C13H20N4O2. The number of likely N-dealkylation sites (N-methyl/N-ethyl adjacent to an activating group) is 1. The molecule has 1 heterocycles. The smallest absolute Gasteiger partial charge is 0.275 e. The van der Waals surface area contributed by atoms with Crippen LogP contribution in [0.3, 0.4) is 0 Å². The first-order chi connectivity index (χ1) is 9.22. The summed E-state index contributed by atoms with van der Waals surface area (Å²) in [6, 6.07) is 5.09. The van der Waals surface area contributed by atoms with E-state index in [2.05, 4.69) is 34.2 Å². The molecule has 0 saturated heterocycles. The Kier molecular flexibility index (Phi) is 6.52. The first kappa shape index (κ1) is 15.1. The number of hydrogen-bond donors (Lipinski definition) is 2. The fourth-order valence-electron chi connectivity index (χ4n) is 1.67. The molecule has 0 aliphatic carbocycles. The second-order valence-electron chi connectivity index (χ2n) is 3.95. The Balaban J connectivity index is 2.53. The zero-order chi connectivity index (χ0) is 14.1. The Morgan fingerprint density at radius 3 is 2.68 bits per heavy atom. The van der Waals surface area contributed by atoms with Crippen LogP contribution in [-0.4, -0.2) is 52.9 Å². The number of amides is 1. The highest BCUT2D eigenvalue weighted by Crippen LogP contribution is 1.97. The lowest BCUT2D eigenvalue weighted by molar-refractivity contribution is -0.114. The van der Waals surface area contributed by atoms with Gasteiger partial charge >= 0.3 is 0 Å². The van der Waals surface area contributed by atoms with Crippen LogP contribution in [0, 0.1) is 0 Å². The lowest BCUT2D eigenvalue weighted by Gasteiger charge is -2.17. The van der Waals surface area contributed by atoms with Crippen LogP contribution in [0.15, 0.2) is 29.6 Å². The van der Waals surface area contributed by atoms with E-state index in [-0.39, 0.29) is 5.71 Å². The van der Waals surface area contributed by atoms with E-state index in [9.17, 15) is 4.79 Å². The van der Waals surface area contributed by atoms with E-state index >= 15 is 0 Å². The van der Waals surface area contributed by atoms with E-state index in [1.165, 1.54) is 0 Å². The lowest BCUT2D eigenvalue weighted by atomic mass is 10.2. The van der Waals surface area contributed by atoms with E-state index in [1.54, 1.807) is 24.4 Å². The van der Waals surface area contributed by atoms with Crippen molar-refractivity contribution < 1.29 is 10.0 Å². The van der Waals surface area contributed by atoms with Gasteiger partial charge in [0.15, 0.2) is 5.71 Å². The van der Waals surface area contributed by atoms with Crippen molar-refractivity contribution in [2.24, 2.45) is 5.16 Å². The number of rotatable bonds is 7. The van der Waals surface area contributed by atoms with Gasteiger partial charge in [-0.15, -0.1) is 0 Å². The number of hydrogen-bond acceptors (Lipinski definition) is 5. The minimum absolute atomic E-state index is 0.0693. The van der Waals surface area contributed by atoms with Gasteiger partial charge in [-0.3, -0.25) is 9.78 Å². The molecule has 0 aliphatic rings. The average Bonchev–Trinajstić information content (AvgIpc) is 2.45. The number of carbonyl (C=O) groups excluding carboxylic acids is 1. The van der Waals surface area contributed by atoms with Crippen LogP contribution < -0.4 is 5.32 Å². The van der Waals surface area contributed by atoms with Crippen LogP contribution in [0.1, 0.15) is 19.5 Å².